The maximum Gasteiger partial charge on any atom is 0.0234 e. The van der Waals surface area contributed by atoms with E-state index in [1.165, 1.54) is 5.56 Å². The molecular weight excluding hydrogens is 234 g/mol. The molecule has 1 aromatic carbocycles. The van der Waals surface area contributed by atoms with E-state index in [4.69, 9.17) is 5.73 Å². The van der Waals surface area contributed by atoms with E-state index in [1.807, 2.05) is 0 Å². The van der Waals surface area contributed by atoms with Crippen molar-refractivity contribution in [3.05, 3.63) is 35.9 Å². The van der Waals surface area contributed by atoms with Crippen LogP contribution in [0.25, 0.3) is 0 Å². The average Bonchev–Trinajstić information content (AvgIpc) is 2.46. The molecule has 3 nitrogen and oxygen atoms in total. The van der Waals surface area contributed by atoms with Crippen molar-refractivity contribution >= 4 is 0 Å². The number of likely N-dealkylation sites (N-methyl/N-ethyl adjacent to an activating group) is 1. The van der Waals surface area contributed by atoms with Gasteiger partial charge in [0, 0.05) is 19.6 Å². The molecule has 0 atom stereocenters. The van der Waals surface area contributed by atoms with Gasteiger partial charge in [-0.25, -0.2) is 0 Å². The smallest absolute Gasteiger partial charge is 0.0234 e. The molecule has 0 aliphatic rings. The van der Waals surface area contributed by atoms with Gasteiger partial charge in [-0.15, -0.1) is 0 Å². The van der Waals surface area contributed by atoms with Crippen LogP contribution in [0.3, 0.4) is 0 Å². The molecule has 0 aromatic heterocycles. The van der Waals surface area contributed by atoms with Crippen molar-refractivity contribution < 1.29 is 0 Å². The van der Waals surface area contributed by atoms with Crippen LogP contribution in [0.1, 0.15) is 25.8 Å². The maximum absolute atomic E-state index is 5.64. The molecule has 0 heterocycles. The monoisotopic (exact) mass is 263 g/mol. The topological polar surface area (TPSA) is 32.5 Å². The van der Waals surface area contributed by atoms with Gasteiger partial charge in [0.1, 0.15) is 0 Å². The number of nitrogens with zero attached hydrogens (tertiary/aromatic N) is 2. The third-order valence-electron chi connectivity index (χ3n) is 3.55. The van der Waals surface area contributed by atoms with Crippen LogP contribution in [-0.2, 0) is 6.54 Å². The summed E-state index contributed by atoms with van der Waals surface area (Å²) in [6.07, 6.45) is 1.07. The van der Waals surface area contributed by atoms with Crippen molar-refractivity contribution in [3.8, 4) is 0 Å². The second kappa shape index (κ2) is 9.96. The zero-order valence-corrected chi connectivity index (χ0v) is 12.5. The summed E-state index contributed by atoms with van der Waals surface area (Å²) in [5.74, 6) is 0. The Morgan fingerprint density at radius 2 is 1.53 bits per heavy atom. The number of rotatable bonds is 10. The lowest BCUT2D eigenvalue weighted by atomic mass is 10.2. The van der Waals surface area contributed by atoms with Crippen LogP contribution < -0.4 is 5.73 Å². The number of hydrogen-bond donors (Lipinski definition) is 1. The second-order valence-corrected chi connectivity index (χ2v) is 4.93. The zero-order valence-electron chi connectivity index (χ0n) is 12.5. The molecule has 0 radical (unpaired) electrons. The molecule has 0 unspecified atom stereocenters. The predicted octanol–water partition coefficient (Wildman–Crippen LogP) is 2.18. The Morgan fingerprint density at radius 1 is 0.895 bits per heavy atom. The molecule has 108 valence electrons. The summed E-state index contributed by atoms with van der Waals surface area (Å²) < 4.78 is 0. The lowest BCUT2D eigenvalue weighted by Gasteiger charge is -2.26. The van der Waals surface area contributed by atoms with Crippen molar-refractivity contribution in [1.29, 1.82) is 0 Å². The van der Waals surface area contributed by atoms with Crippen molar-refractivity contribution in [2.75, 3.05) is 39.3 Å². The molecule has 1 aromatic rings. The van der Waals surface area contributed by atoms with Gasteiger partial charge in [-0.1, -0.05) is 44.2 Å². The second-order valence-electron chi connectivity index (χ2n) is 4.93. The highest BCUT2D eigenvalue weighted by atomic mass is 15.2. The summed E-state index contributed by atoms with van der Waals surface area (Å²) in [5, 5.41) is 0. The number of benzene rings is 1. The Morgan fingerprint density at radius 3 is 2.11 bits per heavy atom. The third kappa shape index (κ3) is 6.71. The van der Waals surface area contributed by atoms with Gasteiger partial charge in [-0.2, -0.15) is 0 Å². The summed E-state index contributed by atoms with van der Waals surface area (Å²) in [4.78, 5) is 4.99. The highest BCUT2D eigenvalue weighted by molar-refractivity contribution is 5.14. The molecule has 0 saturated heterocycles. The summed E-state index contributed by atoms with van der Waals surface area (Å²) in [6, 6.07) is 10.7. The SMILES string of the molecule is CCN(CC)CCN(CCCN)Cc1ccccc1. The number of nitrogens with two attached hydrogens (primary N) is 1. The van der Waals surface area contributed by atoms with E-state index in [2.05, 4.69) is 54.0 Å². The first kappa shape index (κ1) is 16.2. The van der Waals surface area contributed by atoms with Gasteiger partial charge in [0.15, 0.2) is 0 Å². The Hall–Kier alpha value is -0.900. The van der Waals surface area contributed by atoms with Crippen molar-refractivity contribution in [1.82, 2.24) is 9.80 Å². The molecule has 19 heavy (non-hydrogen) atoms. The lowest BCUT2D eigenvalue weighted by molar-refractivity contribution is 0.207. The molecule has 0 amide bonds. The first-order valence-electron chi connectivity index (χ1n) is 7.48. The van der Waals surface area contributed by atoms with Gasteiger partial charge >= 0.3 is 0 Å². The average molecular weight is 263 g/mol. The van der Waals surface area contributed by atoms with E-state index in [-0.39, 0.29) is 0 Å². The summed E-state index contributed by atoms with van der Waals surface area (Å²) >= 11 is 0. The fraction of sp³-hybridized carbons (Fsp3) is 0.625. The van der Waals surface area contributed by atoms with Gasteiger partial charge in [0.25, 0.3) is 0 Å². The molecule has 0 spiro atoms. The quantitative estimate of drug-likeness (QED) is 0.702. The van der Waals surface area contributed by atoms with Crippen LogP contribution in [0.2, 0.25) is 0 Å². The molecule has 3 heteroatoms. The van der Waals surface area contributed by atoms with E-state index < -0.39 is 0 Å². The normalized spacial score (nSPS) is 11.4. The maximum atomic E-state index is 5.64. The van der Waals surface area contributed by atoms with E-state index >= 15 is 0 Å². The van der Waals surface area contributed by atoms with E-state index in [0.717, 1.165) is 52.2 Å². The minimum atomic E-state index is 0.774. The van der Waals surface area contributed by atoms with Crippen molar-refractivity contribution in [2.45, 2.75) is 26.8 Å². The van der Waals surface area contributed by atoms with Gasteiger partial charge in [-0.3, -0.25) is 4.90 Å². The van der Waals surface area contributed by atoms with Crippen LogP contribution >= 0.6 is 0 Å². The third-order valence-corrected chi connectivity index (χ3v) is 3.55. The molecular formula is C16H29N3. The predicted molar refractivity (Wildman–Crippen MR) is 83.2 cm³/mol. The Bertz CT molecular complexity index is 309. The summed E-state index contributed by atoms with van der Waals surface area (Å²) in [5.41, 5.74) is 7.03. The first-order chi connectivity index (χ1) is 9.30. The fourth-order valence-corrected chi connectivity index (χ4v) is 2.25. The van der Waals surface area contributed by atoms with Crippen LogP contribution in [0, 0.1) is 0 Å². The van der Waals surface area contributed by atoms with Gasteiger partial charge in [0.05, 0.1) is 0 Å². The van der Waals surface area contributed by atoms with Crippen LogP contribution in [0.5, 0.6) is 0 Å². The number of hydrogen-bond acceptors (Lipinski definition) is 3. The van der Waals surface area contributed by atoms with Crippen LogP contribution in [-0.4, -0.2) is 49.1 Å². The van der Waals surface area contributed by atoms with Gasteiger partial charge < -0.3 is 10.6 Å². The van der Waals surface area contributed by atoms with E-state index in [1.54, 1.807) is 0 Å². The molecule has 2 N–H and O–H groups in total. The van der Waals surface area contributed by atoms with E-state index in [9.17, 15) is 0 Å². The molecule has 1 rings (SSSR count). The van der Waals surface area contributed by atoms with Crippen LogP contribution in [0.4, 0.5) is 0 Å². The summed E-state index contributed by atoms with van der Waals surface area (Å²) in [6.45, 7) is 11.9. The lowest BCUT2D eigenvalue weighted by Crippen LogP contribution is -2.35. The molecule has 0 aliphatic heterocycles. The van der Waals surface area contributed by atoms with Gasteiger partial charge in [0.2, 0.25) is 0 Å². The Kier molecular flexibility index (Phi) is 8.47. The molecule has 0 bridgehead atoms. The molecule has 0 saturated carbocycles. The minimum absolute atomic E-state index is 0.774. The van der Waals surface area contributed by atoms with Gasteiger partial charge in [-0.05, 0) is 38.2 Å². The molecule has 0 fully saturated rings. The standard InChI is InChI=1S/C16H29N3/c1-3-18(4-2)13-14-19(12-8-11-17)15-16-9-6-5-7-10-16/h5-7,9-10H,3-4,8,11-15,17H2,1-2H3. The zero-order chi connectivity index (χ0) is 13.9. The van der Waals surface area contributed by atoms with Crippen molar-refractivity contribution in [3.63, 3.8) is 0 Å². The Labute approximate surface area is 118 Å². The first-order valence-corrected chi connectivity index (χ1v) is 7.48. The highest BCUT2D eigenvalue weighted by Crippen LogP contribution is 2.05. The minimum Gasteiger partial charge on any atom is -0.330 e. The van der Waals surface area contributed by atoms with E-state index in [0.29, 0.717) is 0 Å². The molecule has 0 aliphatic carbocycles. The Balaban J connectivity index is 2.46. The highest BCUT2D eigenvalue weighted by Gasteiger charge is 2.07. The largest absolute Gasteiger partial charge is 0.330 e. The van der Waals surface area contributed by atoms with Crippen LogP contribution in [0.15, 0.2) is 30.3 Å². The van der Waals surface area contributed by atoms with Crippen molar-refractivity contribution in [2.24, 2.45) is 5.73 Å². The fourth-order valence-electron chi connectivity index (χ4n) is 2.25. The summed E-state index contributed by atoms with van der Waals surface area (Å²) in [7, 11) is 0.